The highest BCUT2D eigenvalue weighted by Crippen LogP contribution is 2.33. The standard InChI is InChI=1S/C19H11N7O7S/c1-9-12(8-20)18-21-15-7-11(34(31,32)33)3-5-16(15)25(18)19(27)17(9)23-22-13-4-2-10(26(29)30)6-14(13)24-28/h2-7,21H,1H3,(H,31,32,33). The fraction of sp³-hybridized carbons (Fsp3) is 0.0526. The van der Waals surface area contributed by atoms with Gasteiger partial charge in [-0.25, -0.2) is 0 Å². The summed E-state index contributed by atoms with van der Waals surface area (Å²) in [5, 5.41) is 31.0. The van der Waals surface area contributed by atoms with Gasteiger partial charge in [0.2, 0.25) is 0 Å². The summed E-state index contributed by atoms with van der Waals surface area (Å²) in [5.74, 6) is 0. The Balaban J connectivity index is 1.97. The van der Waals surface area contributed by atoms with Crippen LogP contribution in [0.5, 0.6) is 0 Å². The molecule has 0 aliphatic carbocycles. The SMILES string of the molecule is Cc1c(N=Nc2ccc([N+](=O)[O-])cc2N=O)c(=O)n2c([nH]c3cc(S(=O)(=O)O)ccc32)c1C#N. The van der Waals surface area contributed by atoms with E-state index in [0.29, 0.717) is 0 Å². The molecule has 170 valence electrons. The van der Waals surface area contributed by atoms with Gasteiger partial charge in [0.25, 0.3) is 21.4 Å². The lowest BCUT2D eigenvalue weighted by molar-refractivity contribution is -0.384. The molecule has 0 saturated carbocycles. The maximum Gasteiger partial charge on any atom is 0.294 e. The first-order valence-corrected chi connectivity index (χ1v) is 10.6. The average Bonchev–Trinajstić information content (AvgIpc) is 3.17. The van der Waals surface area contributed by atoms with E-state index in [0.717, 1.165) is 34.7 Å². The number of azo groups is 1. The van der Waals surface area contributed by atoms with E-state index in [9.17, 15) is 38.0 Å². The number of nitroso groups, excluding NO2 is 1. The summed E-state index contributed by atoms with van der Waals surface area (Å²) in [5.41, 5.74) is -1.31. The molecule has 0 aliphatic heterocycles. The molecule has 34 heavy (non-hydrogen) atoms. The number of rotatable bonds is 5. The van der Waals surface area contributed by atoms with Crippen molar-refractivity contribution < 1.29 is 17.9 Å². The maximum atomic E-state index is 13.2. The Hall–Kier alpha value is -4.81. The van der Waals surface area contributed by atoms with Gasteiger partial charge in [-0.2, -0.15) is 13.7 Å². The van der Waals surface area contributed by atoms with Gasteiger partial charge in [0.1, 0.15) is 23.1 Å². The molecule has 4 rings (SSSR count). The molecule has 2 aromatic carbocycles. The first-order chi connectivity index (χ1) is 16.1. The van der Waals surface area contributed by atoms with Gasteiger partial charge in [0.15, 0.2) is 5.69 Å². The molecule has 4 aromatic rings. The number of H-pyrrole nitrogens is 1. The lowest BCUT2D eigenvalue weighted by Crippen LogP contribution is -2.15. The minimum Gasteiger partial charge on any atom is -0.338 e. The molecule has 14 nitrogen and oxygen atoms in total. The highest BCUT2D eigenvalue weighted by atomic mass is 32.2. The quantitative estimate of drug-likeness (QED) is 0.140. The smallest absolute Gasteiger partial charge is 0.294 e. The minimum atomic E-state index is -4.51. The summed E-state index contributed by atoms with van der Waals surface area (Å²) in [7, 11) is -4.51. The zero-order chi connectivity index (χ0) is 24.8. The number of nitro groups is 1. The molecule has 0 fully saturated rings. The molecular formula is C19H11N7O7S. The largest absolute Gasteiger partial charge is 0.338 e. The number of non-ortho nitro benzene ring substituents is 1. The minimum absolute atomic E-state index is 0.00981. The van der Waals surface area contributed by atoms with E-state index in [1.807, 2.05) is 6.07 Å². The molecule has 15 heteroatoms. The van der Waals surface area contributed by atoms with E-state index in [1.165, 1.54) is 13.0 Å². The Morgan fingerprint density at radius 2 is 1.91 bits per heavy atom. The second kappa shape index (κ2) is 7.95. The predicted octanol–water partition coefficient (Wildman–Crippen LogP) is 3.93. The van der Waals surface area contributed by atoms with Crippen molar-refractivity contribution in [2.24, 2.45) is 15.4 Å². The third-order valence-corrected chi connectivity index (χ3v) is 5.84. The number of benzene rings is 2. The monoisotopic (exact) mass is 481 g/mol. The number of hydrogen-bond acceptors (Lipinski definition) is 10. The van der Waals surface area contributed by atoms with Crippen molar-refractivity contribution in [3.63, 3.8) is 0 Å². The Bertz CT molecular complexity index is 1780. The zero-order valence-corrected chi connectivity index (χ0v) is 17.8. The van der Waals surface area contributed by atoms with Crippen LogP contribution < -0.4 is 5.56 Å². The second-order valence-corrected chi connectivity index (χ2v) is 8.37. The van der Waals surface area contributed by atoms with Crippen LogP contribution in [0, 0.1) is 33.3 Å². The first kappa shape index (κ1) is 22.4. The molecule has 0 saturated heterocycles. The number of aromatic nitrogens is 2. The van der Waals surface area contributed by atoms with Crippen molar-refractivity contribution >= 4 is 49.5 Å². The summed E-state index contributed by atoms with van der Waals surface area (Å²) in [4.78, 5) is 36.9. The van der Waals surface area contributed by atoms with Crippen LogP contribution in [0.3, 0.4) is 0 Å². The number of nitriles is 1. The van der Waals surface area contributed by atoms with Gasteiger partial charge >= 0.3 is 0 Å². The van der Waals surface area contributed by atoms with Crippen LogP contribution in [0.4, 0.5) is 22.7 Å². The normalized spacial score (nSPS) is 11.8. The van der Waals surface area contributed by atoms with Gasteiger partial charge in [-0.1, -0.05) is 0 Å². The Morgan fingerprint density at radius 1 is 1.18 bits per heavy atom. The summed E-state index contributed by atoms with van der Waals surface area (Å²) in [6.07, 6.45) is 0. The Morgan fingerprint density at radius 3 is 2.53 bits per heavy atom. The fourth-order valence-corrected chi connectivity index (χ4v) is 3.87. The third-order valence-electron chi connectivity index (χ3n) is 4.99. The molecule has 0 unspecified atom stereocenters. The van der Waals surface area contributed by atoms with Gasteiger partial charge in [0.05, 0.1) is 26.4 Å². The van der Waals surface area contributed by atoms with Gasteiger partial charge in [-0.3, -0.25) is 23.9 Å². The van der Waals surface area contributed by atoms with Crippen LogP contribution in [-0.2, 0) is 10.1 Å². The Labute approximate surface area is 188 Å². The van der Waals surface area contributed by atoms with Crippen molar-refractivity contribution in [2.75, 3.05) is 0 Å². The van der Waals surface area contributed by atoms with Gasteiger partial charge in [0, 0.05) is 17.7 Å². The van der Waals surface area contributed by atoms with E-state index in [2.05, 4.69) is 20.4 Å². The van der Waals surface area contributed by atoms with Crippen LogP contribution >= 0.6 is 0 Å². The number of nitro benzene ring substituents is 1. The number of nitrogens with one attached hydrogen (secondary N) is 1. The molecule has 0 atom stereocenters. The molecule has 2 N–H and O–H groups in total. The summed E-state index contributed by atoms with van der Waals surface area (Å²) in [6, 6.07) is 8.53. The van der Waals surface area contributed by atoms with Gasteiger partial charge in [-0.05, 0) is 36.4 Å². The highest BCUT2D eigenvalue weighted by molar-refractivity contribution is 7.85. The van der Waals surface area contributed by atoms with Crippen LogP contribution in [0.15, 0.2) is 61.5 Å². The number of nitrogens with zero attached hydrogens (tertiary/aromatic N) is 6. The fourth-order valence-electron chi connectivity index (χ4n) is 3.36. The molecule has 0 radical (unpaired) electrons. The predicted molar refractivity (Wildman–Crippen MR) is 118 cm³/mol. The highest BCUT2D eigenvalue weighted by Gasteiger charge is 2.20. The van der Waals surface area contributed by atoms with Crippen LogP contribution in [0.2, 0.25) is 0 Å². The second-order valence-electron chi connectivity index (χ2n) is 6.95. The maximum absolute atomic E-state index is 13.2. The summed E-state index contributed by atoms with van der Waals surface area (Å²) in [6.45, 7) is 1.44. The van der Waals surface area contributed by atoms with Crippen molar-refractivity contribution in [1.29, 1.82) is 5.26 Å². The lowest BCUT2D eigenvalue weighted by atomic mass is 10.1. The zero-order valence-electron chi connectivity index (χ0n) is 17.0. The molecule has 2 heterocycles. The molecule has 0 aliphatic rings. The number of fused-ring (bicyclic) bond motifs is 3. The van der Waals surface area contributed by atoms with Crippen LogP contribution in [0.25, 0.3) is 16.7 Å². The van der Waals surface area contributed by atoms with Gasteiger partial charge in [-0.15, -0.1) is 15.1 Å². The molecule has 0 amide bonds. The molecular weight excluding hydrogens is 470 g/mol. The Kier molecular flexibility index (Phi) is 5.24. The van der Waals surface area contributed by atoms with E-state index >= 15 is 0 Å². The topological polar surface area (TPSA) is 213 Å². The van der Waals surface area contributed by atoms with E-state index in [-0.39, 0.29) is 50.6 Å². The van der Waals surface area contributed by atoms with Crippen LogP contribution in [0.1, 0.15) is 11.1 Å². The number of aromatic amines is 1. The molecule has 0 spiro atoms. The third kappa shape index (κ3) is 3.58. The van der Waals surface area contributed by atoms with Crippen molar-refractivity contribution in [2.45, 2.75) is 11.8 Å². The summed E-state index contributed by atoms with van der Waals surface area (Å²) >= 11 is 0. The first-order valence-electron chi connectivity index (χ1n) is 9.19. The van der Waals surface area contributed by atoms with Crippen molar-refractivity contribution in [3.05, 3.63) is 72.9 Å². The number of hydrogen-bond donors (Lipinski definition) is 2. The molecule has 0 bridgehead atoms. The number of imidazole rings is 1. The molecule has 2 aromatic heterocycles. The van der Waals surface area contributed by atoms with Gasteiger partial charge < -0.3 is 4.98 Å². The van der Waals surface area contributed by atoms with Crippen LogP contribution in [-0.4, -0.2) is 27.3 Å². The van der Waals surface area contributed by atoms with E-state index < -0.39 is 25.5 Å². The number of pyridine rings is 1. The van der Waals surface area contributed by atoms with E-state index in [4.69, 9.17) is 0 Å². The van der Waals surface area contributed by atoms with Crippen molar-refractivity contribution in [1.82, 2.24) is 9.38 Å². The van der Waals surface area contributed by atoms with E-state index in [1.54, 1.807) is 0 Å². The average molecular weight is 481 g/mol. The lowest BCUT2D eigenvalue weighted by Gasteiger charge is -2.05. The van der Waals surface area contributed by atoms with Crippen molar-refractivity contribution in [3.8, 4) is 6.07 Å². The summed E-state index contributed by atoms with van der Waals surface area (Å²) < 4.78 is 33.3.